The summed E-state index contributed by atoms with van der Waals surface area (Å²) in [4.78, 5) is 13.1. The molecule has 5 nitrogen and oxygen atoms in total. The summed E-state index contributed by atoms with van der Waals surface area (Å²) in [6.45, 7) is 7.74. The monoisotopic (exact) mass is 231 g/mol. The molecule has 0 heterocycles. The molecule has 1 atom stereocenters. The van der Waals surface area contributed by atoms with Crippen LogP contribution in [0.5, 0.6) is 0 Å². The SMILES string of the molecule is CC(C)OCCN(C)C(C)CCC(=O)NN. The molecule has 16 heavy (non-hydrogen) atoms. The van der Waals surface area contributed by atoms with Gasteiger partial charge in [0.25, 0.3) is 0 Å². The minimum absolute atomic E-state index is 0.112. The molecule has 0 aliphatic carbocycles. The molecule has 0 radical (unpaired) electrons. The lowest BCUT2D eigenvalue weighted by Crippen LogP contribution is -2.35. The highest BCUT2D eigenvalue weighted by Gasteiger charge is 2.10. The Labute approximate surface area is 98.3 Å². The Morgan fingerprint density at radius 1 is 1.44 bits per heavy atom. The van der Waals surface area contributed by atoms with E-state index < -0.39 is 0 Å². The molecule has 0 saturated heterocycles. The first-order valence-electron chi connectivity index (χ1n) is 5.78. The fraction of sp³-hybridized carbons (Fsp3) is 0.909. The van der Waals surface area contributed by atoms with Crippen LogP contribution in [0.1, 0.15) is 33.6 Å². The van der Waals surface area contributed by atoms with E-state index in [1.54, 1.807) is 0 Å². The Morgan fingerprint density at radius 2 is 2.06 bits per heavy atom. The van der Waals surface area contributed by atoms with Gasteiger partial charge in [0.15, 0.2) is 0 Å². The highest BCUT2D eigenvalue weighted by molar-refractivity contribution is 5.75. The van der Waals surface area contributed by atoms with Crippen LogP contribution in [-0.4, -0.2) is 43.2 Å². The van der Waals surface area contributed by atoms with Crippen molar-refractivity contribution in [3.05, 3.63) is 0 Å². The Hall–Kier alpha value is -0.650. The van der Waals surface area contributed by atoms with Crippen LogP contribution in [0.2, 0.25) is 0 Å². The Bertz CT molecular complexity index is 198. The third kappa shape index (κ3) is 7.62. The van der Waals surface area contributed by atoms with Crippen LogP contribution in [0.15, 0.2) is 0 Å². The molecular formula is C11H25N3O2. The Balaban J connectivity index is 3.64. The summed E-state index contributed by atoms with van der Waals surface area (Å²) in [6.07, 6.45) is 1.54. The van der Waals surface area contributed by atoms with Crippen LogP contribution < -0.4 is 11.3 Å². The molecule has 0 spiro atoms. The van der Waals surface area contributed by atoms with Gasteiger partial charge < -0.3 is 9.64 Å². The molecule has 0 saturated carbocycles. The van der Waals surface area contributed by atoms with Crippen molar-refractivity contribution in [1.29, 1.82) is 0 Å². The third-order valence-corrected chi connectivity index (χ3v) is 2.60. The normalized spacial score (nSPS) is 13.2. The molecule has 0 aromatic heterocycles. The number of nitrogens with zero attached hydrogens (tertiary/aromatic N) is 1. The van der Waals surface area contributed by atoms with Gasteiger partial charge in [-0.15, -0.1) is 0 Å². The summed E-state index contributed by atoms with van der Waals surface area (Å²) in [7, 11) is 2.04. The van der Waals surface area contributed by atoms with Crippen LogP contribution in [0, 0.1) is 0 Å². The summed E-state index contributed by atoms with van der Waals surface area (Å²) in [5.41, 5.74) is 2.14. The molecule has 3 N–H and O–H groups in total. The smallest absolute Gasteiger partial charge is 0.233 e. The fourth-order valence-corrected chi connectivity index (χ4v) is 1.29. The minimum Gasteiger partial charge on any atom is -0.377 e. The molecule has 5 heteroatoms. The van der Waals surface area contributed by atoms with Gasteiger partial charge in [0.05, 0.1) is 12.7 Å². The van der Waals surface area contributed by atoms with Crippen LogP contribution >= 0.6 is 0 Å². The van der Waals surface area contributed by atoms with Gasteiger partial charge in [-0.2, -0.15) is 0 Å². The number of amides is 1. The van der Waals surface area contributed by atoms with E-state index >= 15 is 0 Å². The number of likely N-dealkylation sites (N-methyl/N-ethyl adjacent to an activating group) is 1. The molecule has 0 aromatic carbocycles. The fourth-order valence-electron chi connectivity index (χ4n) is 1.29. The van der Waals surface area contributed by atoms with Crippen molar-refractivity contribution in [2.45, 2.75) is 45.8 Å². The van der Waals surface area contributed by atoms with E-state index in [0.717, 1.165) is 19.6 Å². The van der Waals surface area contributed by atoms with E-state index in [2.05, 4.69) is 17.2 Å². The number of rotatable bonds is 8. The van der Waals surface area contributed by atoms with Gasteiger partial charge in [0.2, 0.25) is 5.91 Å². The van der Waals surface area contributed by atoms with Gasteiger partial charge in [-0.05, 0) is 34.2 Å². The average molecular weight is 231 g/mol. The minimum atomic E-state index is -0.112. The van der Waals surface area contributed by atoms with Crippen molar-refractivity contribution in [2.24, 2.45) is 5.84 Å². The number of carbonyl (C=O) groups excluding carboxylic acids is 1. The molecule has 0 aliphatic heterocycles. The van der Waals surface area contributed by atoms with Crippen molar-refractivity contribution in [3.8, 4) is 0 Å². The number of hydrogen-bond donors (Lipinski definition) is 2. The van der Waals surface area contributed by atoms with Gasteiger partial charge in [-0.3, -0.25) is 10.2 Å². The zero-order valence-corrected chi connectivity index (χ0v) is 10.8. The molecule has 1 unspecified atom stereocenters. The van der Waals surface area contributed by atoms with E-state index in [1.807, 2.05) is 20.9 Å². The number of carbonyl (C=O) groups is 1. The van der Waals surface area contributed by atoms with Crippen molar-refractivity contribution in [3.63, 3.8) is 0 Å². The number of nitrogens with one attached hydrogen (secondary N) is 1. The molecule has 0 aromatic rings. The van der Waals surface area contributed by atoms with Gasteiger partial charge in [-0.25, -0.2) is 5.84 Å². The van der Waals surface area contributed by atoms with Gasteiger partial charge in [0.1, 0.15) is 0 Å². The first-order valence-corrected chi connectivity index (χ1v) is 5.78. The first-order chi connectivity index (χ1) is 7.47. The molecule has 0 fully saturated rings. The van der Waals surface area contributed by atoms with E-state index in [4.69, 9.17) is 10.6 Å². The molecule has 0 aliphatic rings. The van der Waals surface area contributed by atoms with Gasteiger partial charge in [0, 0.05) is 19.0 Å². The second-order valence-electron chi connectivity index (χ2n) is 4.36. The Morgan fingerprint density at radius 3 is 2.56 bits per heavy atom. The van der Waals surface area contributed by atoms with Crippen LogP contribution in [0.3, 0.4) is 0 Å². The van der Waals surface area contributed by atoms with Crippen molar-refractivity contribution in [1.82, 2.24) is 10.3 Å². The van der Waals surface area contributed by atoms with Crippen molar-refractivity contribution >= 4 is 5.91 Å². The standard InChI is InChI=1S/C11H25N3O2/c1-9(2)16-8-7-14(4)10(3)5-6-11(15)13-12/h9-10H,5-8,12H2,1-4H3,(H,13,15). The number of hydrazine groups is 1. The molecule has 1 amide bonds. The molecule has 0 rings (SSSR count). The summed E-state index contributed by atoms with van der Waals surface area (Å²) >= 11 is 0. The van der Waals surface area contributed by atoms with Crippen molar-refractivity contribution in [2.75, 3.05) is 20.2 Å². The molecule has 0 bridgehead atoms. The highest BCUT2D eigenvalue weighted by atomic mass is 16.5. The van der Waals surface area contributed by atoms with E-state index in [1.165, 1.54) is 0 Å². The topological polar surface area (TPSA) is 67.6 Å². The van der Waals surface area contributed by atoms with Gasteiger partial charge >= 0.3 is 0 Å². The predicted octanol–water partition coefficient (Wildman–Crippen LogP) is 0.502. The van der Waals surface area contributed by atoms with E-state index in [9.17, 15) is 4.79 Å². The van der Waals surface area contributed by atoms with Crippen LogP contribution in [0.25, 0.3) is 0 Å². The lowest BCUT2D eigenvalue weighted by atomic mass is 10.1. The zero-order chi connectivity index (χ0) is 12.6. The van der Waals surface area contributed by atoms with Crippen molar-refractivity contribution < 1.29 is 9.53 Å². The predicted molar refractivity (Wildman–Crippen MR) is 64.7 cm³/mol. The molecule has 96 valence electrons. The quantitative estimate of drug-likeness (QED) is 0.363. The number of ether oxygens (including phenoxy) is 1. The maximum Gasteiger partial charge on any atom is 0.233 e. The first kappa shape index (κ1) is 15.3. The lowest BCUT2D eigenvalue weighted by Gasteiger charge is -2.24. The summed E-state index contributed by atoms with van der Waals surface area (Å²) < 4.78 is 5.47. The second kappa shape index (κ2) is 8.50. The summed E-state index contributed by atoms with van der Waals surface area (Å²) in [5.74, 6) is 4.90. The maximum absolute atomic E-state index is 11.0. The number of nitrogens with two attached hydrogens (primary N) is 1. The summed E-state index contributed by atoms with van der Waals surface area (Å²) in [5, 5.41) is 0. The largest absolute Gasteiger partial charge is 0.377 e. The average Bonchev–Trinajstić information content (AvgIpc) is 2.24. The number of hydrogen-bond acceptors (Lipinski definition) is 4. The Kier molecular flexibility index (Phi) is 8.15. The van der Waals surface area contributed by atoms with Gasteiger partial charge in [-0.1, -0.05) is 0 Å². The van der Waals surface area contributed by atoms with E-state index in [0.29, 0.717) is 12.5 Å². The lowest BCUT2D eigenvalue weighted by molar-refractivity contribution is -0.121. The molecular weight excluding hydrogens is 206 g/mol. The van der Waals surface area contributed by atoms with Crippen LogP contribution in [0.4, 0.5) is 0 Å². The summed E-state index contributed by atoms with van der Waals surface area (Å²) in [6, 6.07) is 0.355. The zero-order valence-electron chi connectivity index (χ0n) is 10.8. The van der Waals surface area contributed by atoms with Crippen LogP contribution in [-0.2, 0) is 9.53 Å². The second-order valence-corrected chi connectivity index (χ2v) is 4.36. The highest BCUT2D eigenvalue weighted by Crippen LogP contribution is 2.04. The van der Waals surface area contributed by atoms with E-state index in [-0.39, 0.29) is 12.0 Å². The third-order valence-electron chi connectivity index (χ3n) is 2.60. The maximum atomic E-state index is 11.0.